The van der Waals surface area contributed by atoms with Crippen LogP contribution in [0.15, 0.2) is 0 Å². The number of Topliss-reactive ketones (excluding diaryl/α,β-unsaturated/α-hetero) is 1. The Morgan fingerprint density at radius 2 is 1.87 bits per heavy atom. The van der Waals surface area contributed by atoms with Crippen molar-refractivity contribution in [2.24, 2.45) is 5.92 Å². The highest BCUT2D eigenvalue weighted by atomic mass is 79.9. The fourth-order valence-corrected chi connectivity index (χ4v) is 5.33. The van der Waals surface area contributed by atoms with E-state index in [0.29, 0.717) is 5.92 Å². The predicted octanol–water partition coefficient (Wildman–Crippen LogP) is 4.43. The molecule has 1 aliphatic carbocycles. The van der Waals surface area contributed by atoms with Gasteiger partial charge in [-0.05, 0) is 33.1 Å². The SMILES string of the molecule is CC(C)(Br)[C@@H]1C[C@@H](Br)[C@](C)(Br)C(=O)[C@H]1Br. The Balaban J connectivity index is 2.98. The molecule has 0 aromatic rings. The lowest BCUT2D eigenvalue weighted by molar-refractivity contribution is -0.122. The van der Waals surface area contributed by atoms with Gasteiger partial charge in [0.25, 0.3) is 0 Å². The van der Waals surface area contributed by atoms with E-state index in [-0.39, 0.29) is 19.8 Å². The number of halogens is 4. The molecule has 0 bridgehead atoms. The first-order valence-electron chi connectivity index (χ1n) is 4.78. The monoisotopic (exact) mass is 466 g/mol. The second-order valence-corrected chi connectivity index (χ2v) is 10.5. The summed E-state index contributed by atoms with van der Waals surface area (Å²) in [5, 5.41) is 0. The molecule has 15 heavy (non-hydrogen) atoms. The summed E-state index contributed by atoms with van der Waals surface area (Å²) in [5.74, 6) is 0.508. The van der Waals surface area contributed by atoms with Gasteiger partial charge in [0.1, 0.15) is 0 Å². The summed E-state index contributed by atoms with van der Waals surface area (Å²) in [5.41, 5.74) is 0. The second-order valence-electron chi connectivity index (χ2n) is 4.72. The van der Waals surface area contributed by atoms with Crippen LogP contribution in [0.2, 0.25) is 0 Å². The van der Waals surface area contributed by atoms with Crippen molar-refractivity contribution in [3.05, 3.63) is 0 Å². The molecular weight excluding hydrogens is 456 g/mol. The Hall–Kier alpha value is 1.59. The third kappa shape index (κ3) is 2.89. The van der Waals surface area contributed by atoms with Crippen molar-refractivity contribution in [2.75, 3.05) is 0 Å². The Morgan fingerprint density at radius 3 is 2.27 bits per heavy atom. The molecule has 1 fully saturated rings. The maximum Gasteiger partial charge on any atom is 0.164 e. The topological polar surface area (TPSA) is 17.1 Å². The highest BCUT2D eigenvalue weighted by molar-refractivity contribution is 9.13. The molecule has 0 saturated heterocycles. The van der Waals surface area contributed by atoms with Crippen LogP contribution in [0.4, 0.5) is 0 Å². The van der Waals surface area contributed by atoms with E-state index in [4.69, 9.17) is 0 Å². The quantitative estimate of drug-likeness (QED) is 0.519. The van der Waals surface area contributed by atoms with Crippen LogP contribution in [0.5, 0.6) is 0 Å². The van der Waals surface area contributed by atoms with E-state index in [1.165, 1.54) is 0 Å². The maximum absolute atomic E-state index is 12.2. The average Bonchev–Trinajstić information content (AvgIpc) is 2.07. The van der Waals surface area contributed by atoms with Gasteiger partial charge in [0.15, 0.2) is 5.78 Å². The van der Waals surface area contributed by atoms with Gasteiger partial charge in [-0.3, -0.25) is 4.79 Å². The number of ketones is 1. The van der Waals surface area contributed by atoms with Gasteiger partial charge in [-0.15, -0.1) is 0 Å². The molecule has 0 heterocycles. The molecule has 0 aromatic heterocycles. The van der Waals surface area contributed by atoms with Crippen LogP contribution in [0.3, 0.4) is 0 Å². The zero-order chi connectivity index (χ0) is 12.0. The second kappa shape index (κ2) is 4.69. The van der Waals surface area contributed by atoms with Crippen LogP contribution in [-0.4, -0.2) is 24.1 Å². The van der Waals surface area contributed by atoms with E-state index < -0.39 is 4.32 Å². The standard InChI is InChI=1S/C10H14Br4O/c1-9(2,13)5-4-6(11)10(3,14)8(15)7(5)12/h5-7H,4H2,1-3H3/t5-,6-,7+,10+/m1/s1. The molecule has 0 radical (unpaired) electrons. The van der Waals surface area contributed by atoms with Gasteiger partial charge in [-0.25, -0.2) is 0 Å². The zero-order valence-corrected chi connectivity index (χ0v) is 15.2. The first kappa shape index (κ1) is 14.7. The molecule has 0 aromatic carbocycles. The van der Waals surface area contributed by atoms with Crippen LogP contribution >= 0.6 is 63.7 Å². The Morgan fingerprint density at radius 1 is 1.40 bits per heavy atom. The number of carbonyl (C=O) groups is 1. The largest absolute Gasteiger partial charge is 0.297 e. The van der Waals surface area contributed by atoms with Crippen LogP contribution < -0.4 is 0 Å². The maximum atomic E-state index is 12.2. The van der Waals surface area contributed by atoms with Crippen LogP contribution in [-0.2, 0) is 4.79 Å². The molecule has 0 N–H and O–H groups in total. The number of rotatable bonds is 1. The lowest BCUT2D eigenvalue weighted by Gasteiger charge is -2.43. The summed E-state index contributed by atoms with van der Waals surface area (Å²) >= 11 is 14.3. The molecule has 1 saturated carbocycles. The molecule has 0 spiro atoms. The van der Waals surface area contributed by atoms with Crippen molar-refractivity contribution in [1.82, 2.24) is 0 Å². The van der Waals surface area contributed by atoms with Gasteiger partial charge in [0.2, 0.25) is 0 Å². The molecule has 0 unspecified atom stereocenters. The van der Waals surface area contributed by atoms with Gasteiger partial charge in [-0.2, -0.15) is 0 Å². The first-order chi connectivity index (χ1) is 6.58. The summed E-state index contributed by atoms with van der Waals surface area (Å²) in [6, 6.07) is 0. The minimum Gasteiger partial charge on any atom is -0.297 e. The van der Waals surface area contributed by atoms with Crippen molar-refractivity contribution in [1.29, 1.82) is 0 Å². The molecule has 1 rings (SSSR count). The Labute approximate surface area is 125 Å². The zero-order valence-electron chi connectivity index (χ0n) is 8.86. The third-order valence-electron chi connectivity index (χ3n) is 3.02. The van der Waals surface area contributed by atoms with Crippen molar-refractivity contribution in [2.45, 2.75) is 45.5 Å². The molecule has 0 amide bonds. The highest BCUT2D eigenvalue weighted by Crippen LogP contribution is 2.48. The van der Waals surface area contributed by atoms with Crippen molar-refractivity contribution in [3.63, 3.8) is 0 Å². The fourth-order valence-electron chi connectivity index (χ4n) is 1.80. The van der Waals surface area contributed by atoms with Gasteiger partial charge < -0.3 is 0 Å². The third-order valence-corrected chi connectivity index (χ3v) is 7.51. The number of alkyl halides is 4. The summed E-state index contributed by atoms with van der Waals surface area (Å²) in [6.45, 7) is 6.14. The molecule has 4 atom stereocenters. The van der Waals surface area contributed by atoms with E-state index in [1.54, 1.807) is 0 Å². The Kier molecular flexibility index (Phi) is 4.58. The molecule has 1 aliphatic rings. The number of hydrogen-bond acceptors (Lipinski definition) is 1. The highest BCUT2D eigenvalue weighted by Gasteiger charge is 2.51. The predicted molar refractivity (Wildman–Crippen MR) is 78.9 cm³/mol. The normalized spacial score (nSPS) is 43.1. The number of carbonyl (C=O) groups excluding carboxylic acids is 1. The lowest BCUT2D eigenvalue weighted by Crippen LogP contribution is -2.54. The minimum absolute atomic E-state index is 0.0354. The van der Waals surface area contributed by atoms with Gasteiger partial charge in [-0.1, -0.05) is 63.7 Å². The molecule has 1 nitrogen and oxygen atoms in total. The summed E-state index contributed by atoms with van der Waals surface area (Å²) in [7, 11) is 0. The first-order valence-corrected chi connectivity index (χ1v) is 8.20. The minimum atomic E-state index is -0.462. The lowest BCUT2D eigenvalue weighted by atomic mass is 9.76. The van der Waals surface area contributed by atoms with Crippen molar-refractivity contribution in [3.8, 4) is 0 Å². The van der Waals surface area contributed by atoms with Gasteiger partial charge in [0.05, 0.1) is 9.15 Å². The summed E-state index contributed by atoms with van der Waals surface area (Å²) in [6.07, 6.45) is 0.960. The molecular formula is C10H14Br4O. The molecule has 5 heteroatoms. The summed E-state index contributed by atoms with van der Waals surface area (Å²) < 4.78 is -0.498. The number of hydrogen-bond donors (Lipinski definition) is 0. The van der Waals surface area contributed by atoms with Gasteiger partial charge in [0, 0.05) is 9.15 Å². The van der Waals surface area contributed by atoms with Crippen LogP contribution in [0.1, 0.15) is 27.2 Å². The van der Waals surface area contributed by atoms with Crippen molar-refractivity contribution < 1.29 is 4.79 Å². The van der Waals surface area contributed by atoms with E-state index in [9.17, 15) is 4.79 Å². The van der Waals surface area contributed by atoms with E-state index in [2.05, 4.69) is 77.6 Å². The summed E-state index contributed by atoms with van der Waals surface area (Å²) in [4.78, 5) is 12.3. The molecule has 0 aliphatic heterocycles. The van der Waals surface area contributed by atoms with Gasteiger partial charge >= 0.3 is 0 Å². The van der Waals surface area contributed by atoms with Crippen molar-refractivity contribution >= 4 is 69.5 Å². The van der Waals surface area contributed by atoms with E-state index in [0.717, 1.165) is 6.42 Å². The Bertz CT molecular complexity index is 269. The fraction of sp³-hybridized carbons (Fsp3) is 0.900. The average molecular weight is 470 g/mol. The van der Waals surface area contributed by atoms with E-state index >= 15 is 0 Å². The van der Waals surface area contributed by atoms with Crippen LogP contribution in [0, 0.1) is 5.92 Å². The van der Waals surface area contributed by atoms with Crippen LogP contribution in [0.25, 0.3) is 0 Å². The van der Waals surface area contributed by atoms with E-state index in [1.807, 2.05) is 6.92 Å². The molecule has 88 valence electrons. The smallest absolute Gasteiger partial charge is 0.164 e.